The zero-order chi connectivity index (χ0) is 20.6. The molecular formula is C23H20N4O2. The van der Waals surface area contributed by atoms with Gasteiger partial charge in [0.15, 0.2) is 0 Å². The maximum absolute atomic E-state index is 8.00. The molecule has 5 aromatic rings. The van der Waals surface area contributed by atoms with E-state index in [-0.39, 0.29) is 0 Å². The van der Waals surface area contributed by atoms with Crippen molar-refractivity contribution < 1.29 is 9.59 Å². The first-order valence-electron chi connectivity index (χ1n) is 8.82. The van der Waals surface area contributed by atoms with Crippen molar-refractivity contribution in [2.45, 2.75) is 0 Å². The van der Waals surface area contributed by atoms with Gasteiger partial charge < -0.3 is 24.9 Å². The zero-order valence-corrected chi connectivity index (χ0v) is 15.7. The number of hydrogen-bond acceptors (Lipinski definition) is 4. The Kier molecular flexibility index (Phi) is 6.17. The Bertz CT molecular complexity index is 1210. The molecule has 0 saturated carbocycles. The van der Waals surface area contributed by atoms with Crippen LogP contribution in [-0.2, 0) is 9.59 Å². The van der Waals surface area contributed by atoms with Crippen LogP contribution in [0.3, 0.4) is 0 Å². The largest absolute Gasteiger partial charge is 0.361 e. The van der Waals surface area contributed by atoms with E-state index in [9.17, 15) is 0 Å². The molecule has 6 heteroatoms. The van der Waals surface area contributed by atoms with Crippen molar-refractivity contribution in [3.05, 3.63) is 79.0 Å². The van der Waals surface area contributed by atoms with E-state index >= 15 is 0 Å². The van der Waals surface area contributed by atoms with Gasteiger partial charge in [-0.3, -0.25) is 0 Å². The molecule has 29 heavy (non-hydrogen) atoms. The predicted octanol–water partition coefficient (Wildman–Crippen LogP) is 5.09. The minimum Gasteiger partial charge on any atom is -0.361 e. The summed E-state index contributed by atoms with van der Waals surface area (Å²) in [6, 6.07) is 24.7. The van der Waals surface area contributed by atoms with Crippen LogP contribution >= 0.6 is 0 Å². The third-order valence-corrected chi connectivity index (χ3v) is 4.37. The minimum atomic E-state index is 0.884. The number of para-hydroxylation sites is 1. The van der Waals surface area contributed by atoms with Crippen LogP contribution < -0.4 is 5.32 Å². The number of nitrogens with one attached hydrogen (secondary N) is 3. The van der Waals surface area contributed by atoms with Gasteiger partial charge in [-0.1, -0.05) is 18.2 Å². The summed E-state index contributed by atoms with van der Waals surface area (Å²) < 4.78 is 0. The van der Waals surface area contributed by atoms with Crippen molar-refractivity contribution in [2.75, 3.05) is 5.32 Å². The standard InChI is InChI=1S/C21H16N4.2CH2O/c1-2-4-16(5-3-1)23-17-7-9-19-20(13-17)25-21(24-19)15-6-8-18-14(12-15)10-11-22-18;2*1-2/h1-13,22-23H,(H,24,25);2*1H2. The molecule has 0 aliphatic heterocycles. The summed E-state index contributed by atoms with van der Waals surface area (Å²) >= 11 is 0. The fourth-order valence-corrected chi connectivity index (χ4v) is 3.11. The first kappa shape index (κ1) is 19.6. The van der Waals surface area contributed by atoms with Crippen molar-refractivity contribution >= 4 is 46.9 Å². The van der Waals surface area contributed by atoms with Crippen molar-refractivity contribution in [1.82, 2.24) is 15.0 Å². The minimum absolute atomic E-state index is 0.884. The van der Waals surface area contributed by atoms with Gasteiger partial charge in [0.25, 0.3) is 0 Å². The van der Waals surface area contributed by atoms with Gasteiger partial charge >= 0.3 is 0 Å². The number of carbonyl (C=O) groups excluding carboxylic acids is 2. The Morgan fingerprint density at radius 3 is 2.34 bits per heavy atom. The van der Waals surface area contributed by atoms with Crippen molar-refractivity contribution in [1.29, 1.82) is 0 Å². The lowest BCUT2D eigenvalue weighted by Gasteiger charge is -2.05. The number of aromatic nitrogens is 3. The monoisotopic (exact) mass is 384 g/mol. The number of nitrogens with zero attached hydrogens (tertiary/aromatic N) is 1. The summed E-state index contributed by atoms with van der Waals surface area (Å²) in [7, 11) is 0. The molecule has 2 heterocycles. The van der Waals surface area contributed by atoms with Gasteiger partial charge in [-0.15, -0.1) is 0 Å². The lowest BCUT2D eigenvalue weighted by Crippen LogP contribution is -1.89. The number of rotatable bonds is 3. The first-order chi connectivity index (χ1) is 14.3. The molecule has 0 fully saturated rings. The van der Waals surface area contributed by atoms with E-state index in [0.29, 0.717) is 0 Å². The highest BCUT2D eigenvalue weighted by Crippen LogP contribution is 2.26. The molecule has 5 rings (SSSR count). The van der Waals surface area contributed by atoms with Crippen LogP contribution in [0.15, 0.2) is 79.0 Å². The van der Waals surface area contributed by atoms with E-state index in [4.69, 9.17) is 14.6 Å². The predicted molar refractivity (Wildman–Crippen MR) is 117 cm³/mol. The maximum Gasteiger partial charge on any atom is 0.138 e. The van der Waals surface area contributed by atoms with Crippen molar-refractivity contribution in [2.24, 2.45) is 0 Å². The molecule has 0 aliphatic rings. The molecule has 0 unspecified atom stereocenters. The molecular weight excluding hydrogens is 364 g/mol. The van der Waals surface area contributed by atoms with E-state index in [1.165, 1.54) is 5.39 Å². The molecule has 0 radical (unpaired) electrons. The molecule has 0 aliphatic carbocycles. The highest BCUT2D eigenvalue weighted by Gasteiger charge is 2.07. The average molecular weight is 384 g/mol. The van der Waals surface area contributed by atoms with Crippen molar-refractivity contribution in [3.8, 4) is 11.4 Å². The summed E-state index contributed by atoms with van der Waals surface area (Å²) in [5.41, 5.74) is 6.30. The second-order valence-corrected chi connectivity index (χ2v) is 6.09. The first-order valence-corrected chi connectivity index (χ1v) is 8.82. The molecule has 3 aromatic carbocycles. The summed E-state index contributed by atoms with van der Waals surface area (Å²) in [4.78, 5) is 27.4. The van der Waals surface area contributed by atoms with Gasteiger partial charge in [0.2, 0.25) is 0 Å². The van der Waals surface area contributed by atoms with Gasteiger partial charge in [-0.25, -0.2) is 4.98 Å². The second kappa shape index (κ2) is 9.14. The number of anilines is 2. The van der Waals surface area contributed by atoms with E-state index in [2.05, 4.69) is 63.8 Å². The number of aromatic amines is 2. The molecule has 2 aromatic heterocycles. The molecule has 6 nitrogen and oxygen atoms in total. The quantitative estimate of drug-likeness (QED) is 0.404. The lowest BCUT2D eigenvalue weighted by atomic mass is 10.1. The SMILES string of the molecule is C=O.C=O.c1ccc(Nc2ccc3nc(-c4ccc5[nH]ccc5c4)[nH]c3c2)cc1. The van der Waals surface area contributed by atoms with Crippen LogP contribution in [0.2, 0.25) is 0 Å². The number of fused-ring (bicyclic) bond motifs is 2. The topological polar surface area (TPSA) is 90.6 Å². The fourth-order valence-electron chi connectivity index (χ4n) is 3.11. The van der Waals surface area contributed by atoms with Gasteiger partial charge in [0.1, 0.15) is 19.4 Å². The van der Waals surface area contributed by atoms with Crippen LogP contribution in [-0.4, -0.2) is 28.5 Å². The van der Waals surface area contributed by atoms with Crippen LogP contribution in [0.1, 0.15) is 0 Å². The van der Waals surface area contributed by atoms with Gasteiger partial charge in [-0.2, -0.15) is 0 Å². The van der Waals surface area contributed by atoms with Crippen LogP contribution in [0.25, 0.3) is 33.3 Å². The number of carbonyl (C=O) groups is 2. The molecule has 0 spiro atoms. The van der Waals surface area contributed by atoms with E-state index in [1.54, 1.807) is 0 Å². The Morgan fingerprint density at radius 1 is 0.759 bits per heavy atom. The highest BCUT2D eigenvalue weighted by atomic mass is 16.1. The normalized spacial score (nSPS) is 9.93. The summed E-state index contributed by atoms with van der Waals surface area (Å²) in [5, 5.41) is 4.60. The molecule has 0 bridgehead atoms. The fraction of sp³-hybridized carbons (Fsp3) is 0. The lowest BCUT2D eigenvalue weighted by molar-refractivity contribution is -0.0987. The van der Waals surface area contributed by atoms with Gasteiger partial charge in [0.05, 0.1) is 11.0 Å². The van der Waals surface area contributed by atoms with Gasteiger partial charge in [0, 0.05) is 34.0 Å². The number of hydrogen-bond donors (Lipinski definition) is 3. The Balaban J connectivity index is 0.000000568. The molecule has 0 atom stereocenters. The van der Waals surface area contributed by atoms with Crippen LogP contribution in [0, 0.1) is 0 Å². The molecule has 3 N–H and O–H groups in total. The number of H-pyrrole nitrogens is 2. The molecule has 0 saturated heterocycles. The summed E-state index contributed by atoms with van der Waals surface area (Å²) in [5.74, 6) is 0.884. The summed E-state index contributed by atoms with van der Waals surface area (Å²) in [6.45, 7) is 4.00. The van der Waals surface area contributed by atoms with E-state index in [0.717, 1.165) is 39.3 Å². The van der Waals surface area contributed by atoms with E-state index < -0.39 is 0 Å². The van der Waals surface area contributed by atoms with Crippen molar-refractivity contribution in [3.63, 3.8) is 0 Å². The third kappa shape index (κ3) is 4.22. The maximum atomic E-state index is 8.00. The van der Waals surface area contributed by atoms with Crippen LogP contribution in [0.4, 0.5) is 11.4 Å². The smallest absolute Gasteiger partial charge is 0.138 e. The Morgan fingerprint density at radius 2 is 1.55 bits per heavy atom. The zero-order valence-electron chi connectivity index (χ0n) is 15.7. The van der Waals surface area contributed by atoms with Crippen LogP contribution in [0.5, 0.6) is 0 Å². The van der Waals surface area contributed by atoms with E-state index in [1.807, 2.05) is 44.0 Å². The Hall–Kier alpha value is -4.19. The second-order valence-electron chi connectivity index (χ2n) is 6.09. The Labute approximate surface area is 167 Å². The third-order valence-electron chi connectivity index (χ3n) is 4.37. The summed E-state index contributed by atoms with van der Waals surface area (Å²) in [6.07, 6.45) is 1.95. The number of benzene rings is 3. The van der Waals surface area contributed by atoms with Gasteiger partial charge in [-0.05, 0) is 54.6 Å². The molecule has 144 valence electrons. The molecule has 0 amide bonds. The number of imidazole rings is 1. The average Bonchev–Trinajstić information content (AvgIpc) is 3.43. The highest BCUT2D eigenvalue weighted by molar-refractivity contribution is 5.87.